The molecule has 2 heterocycles. The van der Waals surface area contributed by atoms with Crippen molar-refractivity contribution in [2.24, 2.45) is 5.10 Å². The maximum atomic E-state index is 13.3. The van der Waals surface area contributed by atoms with E-state index in [0.29, 0.717) is 26.2 Å². The summed E-state index contributed by atoms with van der Waals surface area (Å²) in [5.41, 5.74) is 5.51. The Morgan fingerprint density at radius 3 is 2.53 bits per heavy atom. The maximum absolute atomic E-state index is 13.3. The lowest BCUT2D eigenvalue weighted by molar-refractivity contribution is -0.135. The Balaban J connectivity index is 1.62. The number of aryl methyl sites for hydroxylation is 2. The number of methoxy groups -OCH3 is 1. The molecule has 6 nitrogen and oxygen atoms in total. The van der Waals surface area contributed by atoms with Crippen molar-refractivity contribution in [1.29, 1.82) is 0 Å². The van der Waals surface area contributed by atoms with Crippen LogP contribution in [0.1, 0.15) is 34.7 Å². The van der Waals surface area contributed by atoms with Crippen LogP contribution in [0.4, 0.5) is 0 Å². The monoisotopic (exact) mass is 407 g/mol. The molecule has 1 amide bonds. The third-order valence-corrected chi connectivity index (χ3v) is 5.84. The second kappa shape index (κ2) is 8.98. The highest BCUT2D eigenvalue weighted by Crippen LogP contribution is 2.35. The second-order valence-electron chi connectivity index (χ2n) is 7.98. The zero-order chi connectivity index (χ0) is 21.1. The van der Waals surface area contributed by atoms with Crippen molar-refractivity contribution in [3.05, 3.63) is 64.7 Å². The van der Waals surface area contributed by atoms with E-state index in [1.165, 1.54) is 11.1 Å². The number of rotatable bonds is 5. The quantitative estimate of drug-likeness (QED) is 0.763. The molecule has 1 atom stereocenters. The fourth-order valence-corrected chi connectivity index (χ4v) is 4.16. The molecule has 0 radical (unpaired) electrons. The maximum Gasteiger partial charge on any atom is 0.257 e. The fraction of sp³-hybridized carbons (Fsp3) is 0.417. The van der Waals surface area contributed by atoms with Gasteiger partial charge in [0.05, 0.1) is 38.6 Å². The summed E-state index contributed by atoms with van der Waals surface area (Å²) < 4.78 is 10.7. The van der Waals surface area contributed by atoms with Crippen LogP contribution in [0.5, 0.6) is 5.75 Å². The Morgan fingerprint density at radius 2 is 1.87 bits per heavy atom. The molecule has 2 aliphatic heterocycles. The fourth-order valence-electron chi connectivity index (χ4n) is 4.16. The number of nitrogens with zero attached hydrogens (tertiary/aromatic N) is 3. The first-order valence-electron chi connectivity index (χ1n) is 10.5. The van der Waals surface area contributed by atoms with Crippen LogP contribution >= 0.6 is 0 Å². The van der Waals surface area contributed by atoms with Gasteiger partial charge in [-0.1, -0.05) is 23.8 Å². The van der Waals surface area contributed by atoms with Gasteiger partial charge in [0, 0.05) is 19.5 Å². The Kier molecular flexibility index (Phi) is 6.16. The van der Waals surface area contributed by atoms with Gasteiger partial charge in [-0.05, 0) is 54.8 Å². The minimum atomic E-state index is -0.0868. The summed E-state index contributed by atoms with van der Waals surface area (Å²) in [6.45, 7) is 7.47. The Labute approximate surface area is 178 Å². The summed E-state index contributed by atoms with van der Waals surface area (Å²) in [6.07, 6.45) is 0.699. The smallest absolute Gasteiger partial charge is 0.257 e. The Morgan fingerprint density at radius 1 is 1.13 bits per heavy atom. The van der Waals surface area contributed by atoms with Gasteiger partial charge in [0.25, 0.3) is 5.91 Å². The lowest BCUT2D eigenvalue weighted by Gasteiger charge is -2.29. The average molecular weight is 408 g/mol. The number of hydrogen-bond acceptors (Lipinski definition) is 5. The average Bonchev–Trinajstić information content (AvgIpc) is 3.20. The first kappa shape index (κ1) is 20.6. The topological polar surface area (TPSA) is 54.4 Å². The van der Waals surface area contributed by atoms with Gasteiger partial charge in [0.1, 0.15) is 5.75 Å². The Hall–Kier alpha value is -2.70. The van der Waals surface area contributed by atoms with Crippen molar-refractivity contribution >= 4 is 11.6 Å². The number of ether oxygens (including phenoxy) is 2. The van der Waals surface area contributed by atoms with Crippen molar-refractivity contribution in [1.82, 2.24) is 9.91 Å². The van der Waals surface area contributed by atoms with E-state index in [1.807, 2.05) is 24.3 Å². The third-order valence-electron chi connectivity index (χ3n) is 5.84. The van der Waals surface area contributed by atoms with Crippen molar-refractivity contribution in [2.45, 2.75) is 26.3 Å². The number of hydrazone groups is 1. The molecule has 158 valence electrons. The van der Waals surface area contributed by atoms with Gasteiger partial charge in [-0.15, -0.1) is 0 Å². The van der Waals surface area contributed by atoms with E-state index in [4.69, 9.17) is 14.6 Å². The number of carbonyl (C=O) groups excluding carboxylic acids is 1. The molecule has 0 bridgehead atoms. The minimum absolute atomic E-state index is 0.0328. The predicted octanol–water partition coefficient (Wildman–Crippen LogP) is 3.32. The van der Waals surface area contributed by atoms with Crippen LogP contribution in [0.25, 0.3) is 0 Å². The normalized spacial score (nSPS) is 19.6. The van der Waals surface area contributed by atoms with Crippen LogP contribution < -0.4 is 4.74 Å². The van der Waals surface area contributed by atoms with E-state index in [9.17, 15) is 4.79 Å². The molecule has 4 rings (SSSR count). The highest BCUT2D eigenvalue weighted by atomic mass is 16.5. The molecule has 1 saturated heterocycles. The molecule has 2 aromatic rings. The first-order valence-corrected chi connectivity index (χ1v) is 10.5. The molecule has 0 spiro atoms. The third kappa shape index (κ3) is 4.40. The highest BCUT2D eigenvalue weighted by Gasteiger charge is 2.34. The van der Waals surface area contributed by atoms with Crippen molar-refractivity contribution in [3.63, 3.8) is 0 Å². The summed E-state index contributed by atoms with van der Waals surface area (Å²) in [4.78, 5) is 15.4. The van der Waals surface area contributed by atoms with Crippen LogP contribution in [0.2, 0.25) is 0 Å². The molecular weight excluding hydrogens is 378 g/mol. The summed E-state index contributed by atoms with van der Waals surface area (Å²) >= 11 is 0. The van der Waals surface area contributed by atoms with Crippen molar-refractivity contribution in [2.75, 3.05) is 40.0 Å². The lowest BCUT2D eigenvalue weighted by atomic mass is 9.94. The van der Waals surface area contributed by atoms with E-state index >= 15 is 0 Å². The molecule has 1 fully saturated rings. The predicted molar refractivity (Wildman–Crippen MR) is 117 cm³/mol. The summed E-state index contributed by atoms with van der Waals surface area (Å²) in [5, 5.41) is 6.50. The molecule has 30 heavy (non-hydrogen) atoms. The standard InChI is InChI=1S/C24H29N3O3/c1-17-4-9-21(18(2)14-17)23-15-22(19-5-7-20(29-3)8-6-19)25-27(23)24(28)16-26-10-12-30-13-11-26/h4-9,14,23H,10-13,15-16H2,1-3H3/t23-/m1/s1. The van der Waals surface area contributed by atoms with E-state index in [0.717, 1.165) is 35.7 Å². The van der Waals surface area contributed by atoms with E-state index in [-0.39, 0.29) is 11.9 Å². The molecule has 0 N–H and O–H groups in total. The molecular formula is C24H29N3O3. The van der Waals surface area contributed by atoms with Crippen LogP contribution in [0.3, 0.4) is 0 Å². The first-order chi connectivity index (χ1) is 14.5. The number of hydrogen-bond donors (Lipinski definition) is 0. The molecule has 0 aliphatic carbocycles. The summed E-state index contributed by atoms with van der Waals surface area (Å²) in [7, 11) is 1.66. The zero-order valence-corrected chi connectivity index (χ0v) is 17.9. The van der Waals surface area contributed by atoms with Crippen molar-refractivity contribution < 1.29 is 14.3 Å². The zero-order valence-electron chi connectivity index (χ0n) is 17.9. The number of amides is 1. The van der Waals surface area contributed by atoms with Gasteiger partial charge in [-0.2, -0.15) is 5.10 Å². The summed E-state index contributed by atoms with van der Waals surface area (Å²) in [5.74, 6) is 0.842. The van der Waals surface area contributed by atoms with E-state index in [2.05, 4.69) is 36.9 Å². The summed E-state index contributed by atoms with van der Waals surface area (Å²) in [6, 6.07) is 14.2. The van der Waals surface area contributed by atoms with E-state index < -0.39 is 0 Å². The molecule has 0 aromatic heterocycles. The van der Waals surface area contributed by atoms with Crippen molar-refractivity contribution in [3.8, 4) is 5.75 Å². The Bertz CT molecular complexity index is 933. The largest absolute Gasteiger partial charge is 0.497 e. The van der Waals surface area contributed by atoms with E-state index in [1.54, 1.807) is 12.1 Å². The molecule has 6 heteroatoms. The number of carbonyl (C=O) groups is 1. The van der Waals surface area contributed by atoms with Gasteiger partial charge in [-0.25, -0.2) is 5.01 Å². The van der Waals surface area contributed by atoms with Gasteiger partial charge in [0.15, 0.2) is 0 Å². The van der Waals surface area contributed by atoms with Crippen LogP contribution in [0.15, 0.2) is 47.6 Å². The lowest BCUT2D eigenvalue weighted by Crippen LogP contribution is -2.43. The highest BCUT2D eigenvalue weighted by molar-refractivity contribution is 6.03. The molecule has 2 aliphatic rings. The van der Waals surface area contributed by atoms with Gasteiger partial charge < -0.3 is 9.47 Å². The van der Waals surface area contributed by atoms with Gasteiger partial charge >= 0.3 is 0 Å². The second-order valence-corrected chi connectivity index (χ2v) is 7.98. The van der Waals surface area contributed by atoms with Crippen LogP contribution in [-0.4, -0.2) is 61.5 Å². The van der Waals surface area contributed by atoms with Gasteiger partial charge in [0.2, 0.25) is 0 Å². The molecule has 0 unspecified atom stereocenters. The SMILES string of the molecule is COc1ccc(C2=NN(C(=O)CN3CCOCC3)[C@@H](c3ccc(C)cc3C)C2)cc1. The molecule has 0 saturated carbocycles. The number of morpholine rings is 1. The van der Waals surface area contributed by atoms with Crippen LogP contribution in [-0.2, 0) is 9.53 Å². The minimum Gasteiger partial charge on any atom is -0.497 e. The van der Waals surface area contributed by atoms with Gasteiger partial charge in [-0.3, -0.25) is 9.69 Å². The number of benzene rings is 2. The van der Waals surface area contributed by atoms with Crippen LogP contribution in [0, 0.1) is 13.8 Å². The molecule has 2 aromatic carbocycles.